The van der Waals surface area contributed by atoms with Gasteiger partial charge >= 0.3 is 0 Å². The predicted molar refractivity (Wildman–Crippen MR) is 70.3 cm³/mol. The first kappa shape index (κ1) is 13.0. The molecule has 0 heterocycles. The van der Waals surface area contributed by atoms with Crippen molar-refractivity contribution in [3.05, 3.63) is 28.7 Å². The lowest BCUT2D eigenvalue weighted by Gasteiger charge is -2.16. The molecule has 0 spiro atoms. The molecule has 0 aliphatic rings. The van der Waals surface area contributed by atoms with Gasteiger partial charge in [-0.3, -0.25) is 4.79 Å². The van der Waals surface area contributed by atoms with E-state index in [4.69, 9.17) is 5.73 Å². The van der Waals surface area contributed by atoms with Gasteiger partial charge in [0.1, 0.15) is 6.04 Å². The summed E-state index contributed by atoms with van der Waals surface area (Å²) in [5.41, 5.74) is 6.26. The summed E-state index contributed by atoms with van der Waals surface area (Å²) in [6.45, 7) is 2.09. The van der Waals surface area contributed by atoms with Crippen molar-refractivity contribution >= 4 is 27.5 Å². The van der Waals surface area contributed by atoms with E-state index in [1.54, 1.807) is 0 Å². The number of unbranched alkanes of at least 4 members (excludes halogenated alkanes) is 1. The molecule has 0 aliphatic carbocycles. The molecule has 16 heavy (non-hydrogen) atoms. The molecule has 3 N–H and O–H groups in total. The largest absolute Gasteiger partial charge is 0.374 e. The van der Waals surface area contributed by atoms with Crippen LogP contribution in [0.5, 0.6) is 0 Å². The number of nitrogens with two attached hydrogens (primary N) is 1. The highest BCUT2D eigenvalue weighted by atomic mass is 79.9. The lowest BCUT2D eigenvalue weighted by molar-refractivity contribution is -0.118. The number of hydrogen-bond donors (Lipinski definition) is 2. The fourth-order valence-electron chi connectivity index (χ4n) is 1.44. The number of anilines is 1. The molecule has 0 radical (unpaired) electrons. The number of halogens is 1. The van der Waals surface area contributed by atoms with Crippen molar-refractivity contribution in [1.82, 2.24) is 0 Å². The molecule has 0 saturated carbocycles. The van der Waals surface area contributed by atoms with Gasteiger partial charge in [-0.15, -0.1) is 0 Å². The molecule has 1 rings (SSSR count). The van der Waals surface area contributed by atoms with Crippen LogP contribution in [0.2, 0.25) is 0 Å². The van der Waals surface area contributed by atoms with Crippen molar-refractivity contribution in [2.24, 2.45) is 5.73 Å². The molecule has 3 nitrogen and oxygen atoms in total. The number of amides is 1. The first-order valence-electron chi connectivity index (χ1n) is 5.45. The van der Waals surface area contributed by atoms with E-state index in [0.717, 1.165) is 29.4 Å². The van der Waals surface area contributed by atoms with E-state index in [1.165, 1.54) is 0 Å². The van der Waals surface area contributed by atoms with Crippen LogP contribution >= 0.6 is 15.9 Å². The van der Waals surface area contributed by atoms with Gasteiger partial charge in [-0.25, -0.2) is 0 Å². The lowest BCUT2D eigenvalue weighted by atomic mass is 10.1. The number of rotatable bonds is 6. The molecule has 0 bridgehead atoms. The first-order valence-corrected chi connectivity index (χ1v) is 6.24. The summed E-state index contributed by atoms with van der Waals surface area (Å²) in [7, 11) is 0. The Bertz CT molecular complexity index is 337. The minimum atomic E-state index is -0.295. The molecule has 0 aliphatic heterocycles. The maximum Gasteiger partial charge on any atom is 0.239 e. The second-order valence-electron chi connectivity index (χ2n) is 3.75. The third-order valence-electron chi connectivity index (χ3n) is 2.37. The molecule has 1 aromatic rings. The Kier molecular flexibility index (Phi) is 5.32. The van der Waals surface area contributed by atoms with Crippen LogP contribution in [0.15, 0.2) is 28.7 Å². The van der Waals surface area contributed by atoms with E-state index in [-0.39, 0.29) is 11.9 Å². The molecule has 0 fully saturated rings. The van der Waals surface area contributed by atoms with Gasteiger partial charge in [0, 0.05) is 10.2 Å². The van der Waals surface area contributed by atoms with Gasteiger partial charge in [0.05, 0.1) is 0 Å². The van der Waals surface area contributed by atoms with E-state index in [1.807, 2.05) is 24.3 Å². The number of hydrogen-bond acceptors (Lipinski definition) is 2. The zero-order valence-corrected chi connectivity index (χ0v) is 11.0. The molecule has 1 amide bonds. The molecular weight excluding hydrogens is 268 g/mol. The standard InChI is InChI=1S/C12H17BrN2O/c1-2-3-4-11(12(14)16)15-10-7-5-9(13)6-8-10/h5-8,11,15H,2-4H2,1H3,(H2,14,16). The SMILES string of the molecule is CCCCC(Nc1ccc(Br)cc1)C(N)=O. The zero-order valence-electron chi connectivity index (χ0n) is 9.37. The van der Waals surface area contributed by atoms with Gasteiger partial charge in [-0.1, -0.05) is 35.7 Å². The third-order valence-corrected chi connectivity index (χ3v) is 2.90. The van der Waals surface area contributed by atoms with Crippen molar-refractivity contribution in [2.45, 2.75) is 32.2 Å². The monoisotopic (exact) mass is 284 g/mol. The van der Waals surface area contributed by atoms with Gasteiger partial charge in [0.25, 0.3) is 0 Å². The Morgan fingerprint density at radius 2 is 2.06 bits per heavy atom. The van der Waals surface area contributed by atoms with E-state index < -0.39 is 0 Å². The molecule has 1 aromatic carbocycles. The number of primary amides is 1. The molecule has 88 valence electrons. The Balaban J connectivity index is 2.60. The van der Waals surface area contributed by atoms with Crippen LogP contribution in [-0.2, 0) is 4.79 Å². The van der Waals surface area contributed by atoms with Crippen molar-refractivity contribution in [2.75, 3.05) is 5.32 Å². The molecular formula is C12H17BrN2O. The number of benzene rings is 1. The topological polar surface area (TPSA) is 55.1 Å². The van der Waals surface area contributed by atoms with E-state index in [9.17, 15) is 4.79 Å². The minimum Gasteiger partial charge on any atom is -0.374 e. The summed E-state index contributed by atoms with van der Waals surface area (Å²) in [6, 6.07) is 7.43. The lowest BCUT2D eigenvalue weighted by Crippen LogP contribution is -2.35. The number of carbonyl (C=O) groups is 1. The first-order chi connectivity index (χ1) is 7.63. The highest BCUT2D eigenvalue weighted by molar-refractivity contribution is 9.10. The van der Waals surface area contributed by atoms with Crippen molar-refractivity contribution < 1.29 is 4.79 Å². The van der Waals surface area contributed by atoms with Gasteiger partial charge in [-0.05, 0) is 30.7 Å². The van der Waals surface area contributed by atoms with Crippen LogP contribution in [-0.4, -0.2) is 11.9 Å². The van der Waals surface area contributed by atoms with E-state index in [2.05, 4.69) is 28.2 Å². The van der Waals surface area contributed by atoms with Gasteiger partial charge < -0.3 is 11.1 Å². The van der Waals surface area contributed by atoms with Crippen LogP contribution in [0.25, 0.3) is 0 Å². The Labute approximate surface area is 105 Å². The Morgan fingerprint density at radius 3 is 2.56 bits per heavy atom. The van der Waals surface area contributed by atoms with Gasteiger partial charge in [-0.2, -0.15) is 0 Å². The quantitative estimate of drug-likeness (QED) is 0.844. The van der Waals surface area contributed by atoms with Crippen molar-refractivity contribution in [1.29, 1.82) is 0 Å². The van der Waals surface area contributed by atoms with Crippen molar-refractivity contribution in [3.8, 4) is 0 Å². The summed E-state index contributed by atoms with van der Waals surface area (Å²) in [6.07, 6.45) is 2.84. The predicted octanol–water partition coefficient (Wildman–Crippen LogP) is 2.91. The fraction of sp³-hybridized carbons (Fsp3) is 0.417. The van der Waals surface area contributed by atoms with Gasteiger partial charge in [0.2, 0.25) is 5.91 Å². The molecule has 4 heteroatoms. The highest BCUT2D eigenvalue weighted by Crippen LogP contribution is 2.16. The number of carbonyl (C=O) groups excluding carboxylic acids is 1. The maximum absolute atomic E-state index is 11.2. The van der Waals surface area contributed by atoms with Crippen LogP contribution in [0.3, 0.4) is 0 Å². The summed E-state index contributed by atoms with van der Waals surface area (Å²) in [5.74, 6) is -0.295. The smallest absolute Gasteiger partial charge is 0.239 e. The van der Waals surface area contributed by atoms with Crippen LogP contribution in [0.1, 0.15) is 26.2 Å². The van der Waals surface area contributed by atoms with Gasteiger partial charge in [0.15, 0.2) is 0 Å². The van der Waals surface area contributed by atoms with E-state index >= 15 is 0 Å². The maximum atomic E-state index is 11.2. The summed E-state index contributed by atoms with van der Waals surface area (Å²) >= 11 is 3.36. The van der Waals surface area contributed by atoms with Crippen LogP contribution in [0, 0.1) is 0 Å². The van der Waals surface area contributed by atoms with E-state index in [0.29, 0.717) is 0 Å². The second-order valence-corrected chi connectivity index (χ2v) is 4.66. The molecule has 1 atom stereocenters. The van der Waals surface area contributed by atoms with Crippen molar-refractivity contribution in [3.63, 3.8) is 0 Å². The summed E-state index contributed by atoms with van der Waals surface area (Å²) in [5, 5.41) is 3.15. The Hall–Kier alpha value is -1.03. The molecule has 0 saturated heterocycles. The van der Waals surface area contributed by atoms with Crippen LogP contribution < -0.4 is 11.1 Å². The summed E-state index contributed by atoms with van der Waals surface area (Å²) < 4.78 is 1.02. The zero-order chi connectivity index (χ0) is 12.0. The fourth-order valence-corrected chi connectivity index (χ4v) is 1.71. The molecule has 1 unspecified atom stereocenters. The minimum absolute atomic E-state index is 0.277. The molecule has 0 aromatic heterocycles. The normalized spacial score (nSPS) is 12.1. The third kappa shape index (κ3) is 4.23. The number of nitrogens with one attached hydrogen (secondary N) is 1. The Morgan fingerprint density at radius 1 is 1.44 bits per heavy atom. The average Bonchev–Trinajstić information content (AvgIpc) is 2.26. The highest BCUT2D eigenvalue weighted by Gasteiger charge is 2.13. The second kappa shape index (κ2) is 6.53. The van der Waals surface area contributed by atoms with Crippen LogP contribution in [0.4, 0.5) is 5.69 Å². The summed E-state index contributed by atoms with van der Waals surface area (Å²) in [4.78, 5) is 11.2. The average molecular weight is 285 g/mol.